The minimum absolute atomic E-state index is 0.00502. The summed E-state index contributed by atoms with van der Waals surface area (Å²) in [5, 5.41) is 12.2. The van der Waals surface area contributed by atoms with Gasteiger partial charge in [-0.05, 0) is 45.4 Å². The van der Waals surface area contributed by atoms with Gasteiger partial charge in [0.25, 0.3) is 0 Å². The monoisotopic (exact) mass is 291 g/mol. The Balaban J connectivity index is 2.25. The third kappa shape index (κ3) is 3.14. The Labute approximate surface area is 121 Å². The van der Waals surface area contributed by atoms with E-state index in [1.54, 1.807) is 18.3 Å². The summed E-state index contributed by atoms with van der Waals surface area (Å²) in [6.45, 7) is 7.91. The third-order valence-electron chi connectivity index (χ3n) is 2.96. The first-order valence-electron chi connectivity index (χ1n) is 6.29. The van der Waals surface area contributed by atoms with E-state index in [4.69, 9.17) is 5.11 Å². The van der Waals surface area contributed by atoms with Crippen LogP contribution in [0, 0.1) is 20.8 Å². The number of carboxylic acids is 1. The van der Waals surface area contributed by atoms with Crippen LogP contribution in [0.3, 0.4) is 0 Å². The molecule has 2 N–H and O–H groups in total. The van der Waals surface area contributed by atoms with Crippen LogP contribution in [0.2, 0.25) is 0 Å². The number of nitrogens with one attached hydrogen (secondary N) is 1. The number of nitrogens with zero attached hydrogens (tertiary/aromatic N) is 2. The van der Waals surface area contributed by atoms with Crippen molar-refractivity contribution in [3.8, 4) is 0 Å². The first-order valence-corrected chi connectivity index (χ1v) is 7.11. The lowest BCUT2D eigenvalue weighted by atomic mass is 10.1. The Bertz CT molecular complexity index is 652. The maximum atomic E-state index is 11.0. The standard InChI is InChI=1S/C14H17N3O2S/c1-7-5-12(13(18)19)17-14(15-7)16-9(3)11-6-8(2)20-10(11)4/h5-6,9H,1-4H3,(H,18,19)(H,15,16,17). The van der Waals surface area contributed by atoms with Crippen LogP contribution >= 0.6 is 11.3 Å². The van der Waals surface area contributed by atoms with Crippen molar-refractivity contribution in [1.29, 1.82) is 0 Å². The molecule has 5 nitrogen and oxygen atoms in total. The molecule has 0 fully saturated rings. The molecule has 2 aromatic heterocycles. The number of hydrogen-bond donors (Lipinski definition) is 2. The van der Waals surface area contributed by atoms with Crippen LogP contribution in [-0.2, 0) is 0 Å². The molecular weight excluding hydrogens is 274 g/mol. The lowest BCUT2D eigenvalue weighted by Crippen LogP contribution is -2.12. The zero-order chi connectivity index (χ0) is 14.9. The van der Waals surface area contributed by atoms with Gasteiger partial charge in [0.1, 0.15) is 0 Å². The fraction of sp³-hybridized carbons (Fsp3) is 0.357. The zero-order valence-electron chi connectivity index (χ0n) is 11.9. The molecule has 0 spiro atoms. The number of anilines is 1. The van der Waals surface area contributed by atoms with Crippen LogP contribution in [0.5, 0.6) is 0 Å². The lowest BCUT2D eigenvalue weighted by molar-refractivity contribution is 0.0690. The van der Waals surface area contributed by atoms with Crippen molar-refractivity contribution in [3.63, 3.8) is 0 Å². The highest BCUT2D eigenvalue weighted by Crippen LogP contribution is 2.27. The first-order chi connectivity index (χ1) is 9.36. The Morgan fingerprint density at radius 2 is 2.00 bits per heavy atom. The topological polar surface area (TPSA) is 75.1 Å². The fourth-order valence-electron chi connectivity index (χ4n) is 2.09. The second kappa shape index (κ2) is 5.58. The predicted molar refractivity (Wildman–Crippen MR) is 79.6 cm³/mol. The first kappa shape index (κ1) is 14.5. The van der Waals surface area contributed by atoms with E-state index in [-0.39, 0.29) is 11.7 Å². The smallest absolute Gasteiger partial charge is 0.354 e. The molecule has 0 bridgehead atoms. The average molecular weight is 291 g/mol. The molecule has 0 saturated heterocycles. The van der Waals surface area contributed by atoms with Gasteiger partial charge >= 0.3 is 5.97 Å². The number of hydrogen-bond acceptors (Lipinski definition) is 5. The lowest BCUT2D eigenvalue weighted by Gasteiger charge is -2.14. The molecule has 2 rings (SSSR count). The van der Waals surface area contributed by atoms with Crippen molar-refractivity contribution in [3.05, 3.63) is 38.8 Å². The van der Waals surface area contributed by atoms with E-state index in [1.165, 1.54) is 21.4 Å². The number of rotatable bonds is 4. The quantitative estimate of drug-likeness (QED) is 0.903. The Kier molecular flexibility index (Phi) is 4.04. The van der Waals surface area contributed by atoms with Crippen molar-refractivity contribution in [1.82, 2.24) is 9.97 Å². The van der Waals surface area contributed by atoms with Crippen molar-refractivity contribution >= 4 is 23.3 Å². The molecule has 0 radical (unpaired) electrons. The maximum absolute atomic E-state index is 11.0. The summed E-state index contributed by atoms with van der Waals surface area (Å²) < 4.78 is 0. The van der Waals surface area contributed by atoms with Gasteiger partial charge in [0.05, 0.1) is 6.04 Å². The normalized spacial score (nSPS) is 12.2. The molecule has 2 aromatic rings. The number of aromatic nitrogens is 2. The van der Waals surface area contributed by atoms with E-state index in [1.807, 2.05) is 6.92 Å². The van der Waals surface area contributed by atoms with Crippen LogP contribution in [-0.4, -0.2) is 21.0 Å². The molecule has 1 unspecified atom stereocenters. The molecule has 0 aromatic carbocycles. The van der Waals surface area contributed by atoms with E-state index in [0.717, 1.165) is 0 Å². The van der Waals surface area contributed by atoms with E-state index in [0.29, 0.717) is 11.6 Å². The van der Waals surface area contributed by atoms with Gasteiger partial charge in [-0.25, -0.2) is 14.8 Å². The molecule has 106 valence electrons. The Morgan fingerprint density at radius 1 is 1.30 bits per heavy atom. The summed E-state index contributed by atoms with van der Waals surface area (Å²) in [4.78, 5) is 21.8. The number of carbonyl (C=O) groups is 1. The largest absolute Gasteiger partial charge is 0.477 e. The minimum atomic E-state index is -1.05. The van der Waals surface area contributed by atoms with Gasteiger partial charge in [-0.3, -0.25) is 0 Å². The highest BCUT2D eigenvalue weighted by atomic mass is 32.1. The SMILES string of the molecule is Cc1cc(C(=O)O)nc(NC(C)c2cc(C)sc2C)n1. The summed E-state index contributed by atoms with van der Waals surface area (Å²) in [6, 6.07) is 3.62. The van der Waals surface area contributed by atoms with E-state index in [2.05, 4.69) is 35.2 Å². The van der Waals surface area contributed by atoms with Gasteiger partial charge in [-0.15, -0.1) is 11.3 Å². The van der Waals surface area contributed by atoms with Gasteiger partial charge in [0, 0.05) is 15.4 Å². The van der Waals surface area contributed by atoms with Crippen LogP contribution in [0.25, 0.3) is 0 Å². The molecule has 20 heavy (non-hydrogen) atoms. The Morgan fingerprint density at radius 3 is 2.55 bits per heavy atom. The van der Waals surface area contributed by atoms with Crippen molar-refractivity contribution < 1.29 is 9.90 Å². The molecule has 1 atom stereocenters. The summed E-state index contributed by atoms with van der Waals surface area (Å²) >= 11 is 1.74. The number of carboxylic acid groups (broad SMARTS) is 1. The van der Waals surface area contributed by atoms with Gasteiger partial charge in [0.2, 0.25) is 5.95 Å². The highest BCUT2D eigenvalue weighted by Gasteiger charge is 2.14. The molecule has 0 saturated carbocycles. The van der Waals surface area contributed by atoms with Gasteiger partial charge in [0.15, 0.2) is 5.69 Å². The number of thiophene rings is 1. The van der Waals surface area contributed by atoms with E-state index < -0.39 is 5.97 Å². The second-order valence-corrected chi connectivity index (χ2v) is 6.22. The predicted octanol–water partition coefficient (Wildman–Crippen LogP) is 3.33. The Hall–Kier alpha value is -1.95. The highest BCUT2D eigenvalue weighted by molar-refractivity contribution is 7.12. The summed E-state index contributed by atoms with van der Waals surface area (Å²) in [7, 11) is 0. The second-order valence-electron chi connectivity index (χ2n) is 4.76. The summed E-state index contributed by atoms with van der Waals surface area (Å²) in [5.41, 5.74) is 1.82. The zero-order valence-corrected chi connectivity index (χ0v) is 12.7. The van der Waals surface area contributed by atoms with Crippen LogP contribution in [0.15, 0.2) is 12.1 Å². The van der Waals surface area contributed by atoms with Crippen LogP contribution in [0.4, 0.5) is 5.95 Å². The molecule has 0 aliphatic rings. The van der Waals surface area contributed by atoms with Gasteiger partial charge in [-0.2, -0.15) is 0 Å². The molecule has 2 heterocycles. The average Bonchev–Trinajstić information content (AvgIpc) is 2.67. The van der Waals surface area contributed by atoms with Crippen molar-refractivity contribution in [2.45, 2.75) is 33.7 Å². The van der Waals surface area contributed by atoms with E-state index >= 15 is 0 Å². The third-order valence-corrected chi connectivity index (χ3v) is 3.95. The van der Waals surface area contributed by atoms with Crippen LogP contribution in [0.1, 0.15) is 44.5 Å². The van der Waals surface area contributed by atoms with Crippen molar-refractivity contribution in [2.24, 2.45) is 0 Å². The molecule has 0 amide bonds. The van der Waals surface area contributed by atoms with Gasteiger partial charge in [-0.1, -0.05) is 0 Å². The molecule has 6 heteroatoms. The number of aryl methyl sites for hydroxylation is 3. The van der Waals surface area contributed by atoms with Gasteiger partial charge < -0.3 is 10.4 Å². The molecular formula is C14H17N3O2S. The van der Waals surface area contributed by atoms with Crippen molar-refractivity contribution in [2.75, 3.05) is 5.32 Å². The molecule has 0 aliphatic carbocycles. The number of aromatic carboxylic acids is 1. The summed E-state index contributed by atoms with van der Waals surface area (Å²) in [5.74, 6) is -0.702. The summed E-state index contributed by atoms with van der Waals surface area (Å²) in [6.07, 6.45) is 0. The minimum Gasteiger partial charge on any atom is -0.477 e. The maximum Gasteiger partial charge on any atom is 0.354 e. The van der Waals surface area contributed by atoms with E-state index in [9.17, 15) is 4.79 Å². The molecule has 0 aliphatic heterocycles. The van der Waals surface area contributed by atoms with Crippen LogP contribution < -0.4 is 5.32 Å². The fourth-order valence-corrected chi connectivity index (χ4v) is 3.12.